The summed E-state index contributed by atoms with van der Waals surface area (Å²) in [5.41, 5.74) is -3.77. The molecule has 1 saturated heterocycles. The summed E-state index contributed by atoms with van der Waals surface area (Å²) in [5.74, 6) is -0.668. The third kappa shape index (κ3) is 6.75. The standard InChI is InChI=1S/C36H34F7NO3S/c1-2-7-26-10-6-11-28(22-26)23-44-21-20-33(25-44,48(45,46)32-18-16-31(37)17-19-32)29-12-14-30(15-13-29)34(35(38,39)40,36(41,42)43)47-24-27-8-4-3-5-9-27/h3-6,8-19,22H,2,7,20-21,23-25H2,1H3. The maximum atomic E-state index is 14.5. The van der Waals surface area contributed by atoms with Crippen molar-refractivity contribution in [1.29, 1.82) is 0 Å². The predicted octanol–water partition coefficient (Wildman–Crippen LogP) is 8.89. The lowest BCUT2D eigenvalue weighted by Crippen LogP contribution is -2.55. The van der Waals surface area contributed by atoms with Gasteiger partial charge < -0.3 is 4.74 Å². The Balaban J connectivity index is 1.57. The van der Waals surface area contributed by atoms with E-state index in [-0.39, 0.29) is 35.5 Å². The predicted molar refractivity (Wildman–Crippen MR) is 167 cm³/mol. The fourth-order valence-corrected chi connectivity index (χ4v) is 8.49. The molecule has 4 aromatic rings. The van der Waals surface area contributed by atoms with E-state index in [9.17, 15) is 39.2 Å². The van der Waals surface area contributed by atoms with Crippen LogP contribution in [0, 0.1) is 5.82 Å². The van der Waals surface area contributed by atoms with Gasteiger partial charge in [-0.1, -0.05) is 92.2 Å². The average molecular weight is 694 g/mol. The topological polar surface area (TPSA) is 46.6 Å². The number of nitrogens with zero attached hydrogens (tertiary/aromatic N) is 1. The number of rotatable bonds is 11. The van der Waals surface area contributed by atoms with Gasteiger partial charge in [-0.05, 0) is 59.4 Å². The third-order valence-corrected chi connectivity index (χ3v) is 11.3. The first-order chi connectivity index (χ1) is 22.6. The average Bonchev–Trinajstić information content (AvgIpc) is 3.47. The van der Waals surface area contributed by atoms with Crippen LogP contribution >= 0.6 is 0 Å². The number of hydrogen-bond acceptors (Lipinski definition) is 4. The van der Waals surface area contributed by atoms with Crippen LogP contribution < -0.4 is 0 Å². The van der Waals surface area contributed by atoms with E-state index in [4.69, 9.17) is 4.74 Å². The highest BCUT2D eigenvalue weighted by Gasteiger charge is 2.73. The van der Waals surface area contributed by atoms with Crippen molar-refractivity contribution in [3.8, 4) is 0 Å². The lowest BCUT2D eigenvalue weighted by Gasteiger charge is -2.38. The number of sulfone groups is 1. The summed E-state index contributed by atoms with van der Waals surface area (Å²) >= 11 is 0. The molecule has 1 heterocycles. The van der Waals surface area contributed by atoms with Gasteiger partial charge in [0.15, 0.2) is 9.84 Å². The van der Waals surface area contributed by atoms with E-state index in [0.717, 1.165) is 60.4 Å². The van der Waals surface area contributed by atoms with Gasteiger partial charge in [0.2, 0.25) is 0 Å². The van der Waals surface area contributed by atoms with Gasteiger partial charge in [0, 0.05) is 25.2 Å². The van der Waals surface area contributed by atoms with E-state index in [1.807, 2.05) is 29.2 Å². The smallest absolute Gasteiger partial charge is 0.349 e. The maximum absolute atomic E-state index is 14.5. The molecule has 1 fully saturated rings. The van der Waals surface area contributed by atoms with E-state index >= 15 is 0 Å². The van der Waals surface area contributed by atoms with Crippen molar-refractivity contribution in [3.63, 3.8) is 0 Å². The van der Waals surface area contributed by atoms with Crippen molar-refractivity contribution in [2.45, 2.75) is 66.9 Å². The van der Waals surface area contributed by atoms with E-state index in [2.05, 4.69) is 6.92 Å². The van der Waals surface area contributed by atoms with Crippen molar-refractivity contribution in [3.05, 3.63) is 137 Å². The van der Waals surface area contributed by atoms with Gasteiger partial charge in [-0.15, -0.1) is 0 Å². The van der Waals surface area contributed by atoms with Gasteiger partial charge in [0.1, 0.15) is 10.6 Å². The fraction of sp³-hybridized carbons (Fsp3) is 0.333. The number of likely N-dealkylation sites (tertiary alicyclic amines) is 1. The van der Waals surface area contributed by atoms with Gasteiger partial charge in [-0.2, -0.15) is 26.3 Å². The molecule has 0 radical (unpaired) electrons. The summed E-state index contributed by atoms with van der Waals surface area (Å²) < 4.78 is 133. The molecule has 5 rings (SSSR count). The number of hydrogen-bond donors (Lipinski definition) is 0. The molecule has 0 aliphatic carbocycles. The molecule has 0 amide bonds. The Hall–Kier alpha value is -3.74. The largest absolute Gasteiger partial charge is 0.430 e. The molecule has 48 heavy (non-hydrogen) atoms. The van der Waals surface area contributed by atoms with Gasteiger partial charge in [0.05, 0.1) is 11.5 Å². The molecule has 0 N–H and O–H groups in total. The summed E-state index contributed by atoms with van der Waals surface area (Å²) in [6, 6.07) is 22.5. The van der Waals surface area contributed by atoms with Crippen LogP contribution in [0.5, 0.6) is 0 Å². The molecule has 0 spiro atoms. The van der Waals surface area contributed by atoms with E-state index < -0.39 is 50.5 Å². The van der Waals surface area contributed by atoms with Gasteiger partial charge >= 0.3 is 12.4 Å². The minimum Gasteiger partial charge on any atom is -0.349 e. The zero-order chi connectivity index (χ0) is 34.8. The van der Waals surface area contributed by atoms with E-state index in [1.165, 1.54) is 24.3 Å². The molecule has 12 heteroatoms. The van der Waals surface area contributed by atoms with E-state index in [1.54, 1.807) is 6.07 Å². The zero-order valence-corrected chi connectivity index (χ0v) is 26.8. The maximum Gasteiger partial charge on any atom is 0.430 e. The van der Waals surface area contributed by atoms with Crippen molar-refractivity contribution in [1.82, 2.24) is 4.90 Å². The Morgan fingerprint density at radius 3 is 1.98 bits per heavy atom. The van der Waals surface area contributed by atoms with Gasteiger partial charge in [0.25, 0.3) is 5.60 Å². The van der Waals surface area contributed by atoms with Crippen LogP contribution in [0.1, 0.15) is 47.6 Å². The highest BCUT2D eigenvalue weighted by Crippen LogP contribution is 2.54. The van der Waals surface area contributed by atoms with Crippen molar-refractivity contribution in [2.24, 2.45) is 0 Å². The first kappa shape index (κ1) is 35.6. The molecule has 1 atom stereocenters. The SMILES string of the molecule is CCCc1cccc(CN2CCC(c3ccc(C(OCc4ccccc4)(C(F)(F)F)C(F)(F)F)cc3)(S(=O)(=O)c3ccc(F)cc3)C2)c1. The Bertz CT molecular complexity index is 1780. The van der Waals surface area contributed by atoms with E-state index in [0.29, 0.717) is 18.7 Å². The lowest BCUT2D eigenvalue weighted by molar-refractivity contribution is -0.392. The van der Waals surface area contributed by atoms with Crippen LogP contribution in [0.3, 0.4) is 0 Å². The highest BCUT2D eigenvalue weighted by molar-refractivity contribution is 7.92. The fourth-order valence-electron chi connectivity index (χ4n) is 6.38. The number of benzene rings is 4. The molecule has 0 aromatic heterocycles. The lowest BCUT2D eigenvalue weighted by atomic mass is 9.88. The first-order valence-electron chi connectivity index (χ1n) is 15.4. The monoisotopic (exact) mass is 693 g/mol. The van der Waals surface area contributed by atoms with Crippen LogP contribution in [0.15, 0.2) is 108 Å². The van der Waals surface area contributed by atoms with Crippen molar-refractivity contribution in [2.75, 3.05) is 13.1 Å². The molecule has 0 saturated carbocycles. The summed E-state index contributed by atoms with van der Waals surface area (Å²) in [6.07, 6.45) is -10.1. The molecule has 256 valence electrons. The van der Waals surface area contributed by atoms with Gasteiger partial charge in [-0.3, -0.25) is 4.90 Å². The Labute approximate surface area is 275 Å². The van der Waals surface area contributed by atoms with Crippen LogP contribution in [0.4, 0.5) is 30.7 Å². The molecule has 4 aromatic carbocycles. The van der Waals surface area contributed by atoms with Crippen LogP contribution in [-0.2, 0) is 44.5 Å². The number of halogens is 7. The van der Waals surface area contributed by atoms with Crippen LogP contribution in [-0.4, -0.2) is 38.8 Å². The quantitative estimate of drug-likeness (QED) is 0.116. The molecule has 1 unspecified atom stereocenters. The number of ether oxygens (including phenoxy) is 1. The summed E-state index contributed by atoms with van der Waals surface area (Å²) in [6.45, 7) is 1.61. The second kappa shape index (κ2) is 13.6. The molecule has 0 bridgehead atoms. The normalized spacial score (nSPS) is 17.9. The minimum absolute atomic E-state index is 0.00506. The van der Waals surface area contributed by atoms with Crippen LogP contribution in [0.25, 0.3) is 0 Å². The first-order valence-corrected chi connectivity index (χ1v) is 16.8. The molecular formula is C36H34F7NO3S. The van der Waals surface area contributed by atoms with Crippen molar-refractivity contribution < 1.29 is 43.9 Å². The highest BCUT2D eigenvalue weighted by atomic mass is 32.2. The summed E-state index contributed by atoms with van der Waals surface area (Å²) in [7, 11) is -4.35. The number of alkyl halides is 6. The second-order valence-electron chi connectivity index (χ2n) is 12.0. The van der Waals surface area contributed by atoms with Crippen molar-refractivity contribution >= 4 is 9.84 Å². The third-order valence-electron chi connectivity index (χ3n) is 8.80. The molecular weight excluding hydrogens is 659 g/mol. The molecule has 4 nitrogen and oxygen atoms in total. The summed E-state index contributed by atoms with van der Waals surface area (Å²) in [5, 5.41) is 0. The zero-order valence-electron chi connectivity index (χ0n) is 26.0. The molecule has 1 aliphatic rings. The van der Waals surface area contributed by atoms with Crippen LogP contribution in [0.2, 0.25) is 0 Å². The van der Waals surface area contributed by atoms with Gasteiger partial charge in [-0.25, -0.2) is 12.8 Å². The Morgan fingerprint density at radius 2 is 1.38 bits per heavy atom. The Kier molecular flexibility index (Phi) is 10.1. The summed E-state index contributed by atoms with van der Waals surface area (Å²) in [4.78, 5) is 1.67. The Morgan fingerprint density at radius 1 is 0.771 bits per heavy atom. The molecule has 1 aliphatic heterocycles. The minimum atomic E-state index is -5.92. The number of aryl methyl sites for hydroxylation is 1. The second-order valence-corrected chi connectivity index (χ2v) is 14.3.